The van der Waals surface area contributed by atoms with Crippen molar-refractivity contribution in [2.75, 3.05) is 0 Å². The van der Waals surface area contributed by atoms with Gasteiger partial charge in [0, 0.05) is 0 Å². The predicted molar refractivity (Wildman–Crippen MR) is 45.3 cm³/mol. The Morgan fingerprint density at radius 3 is 2.18 bits per heavy atom. The van der Waals surface area contributed by atoms with Crippen LogP contribution in [0.15, 0.2) is 0 Å². The minimum Gasteiger partial charge on any atom is -0.460 e. The van der Waals surface area contributed by atoms with Gasteiger partial charge in [-0.15, -0.1) is 0 Å². The number of carbonyl (C=O) groups excluding carboxylic acids is 1. The maximum Gasteiger partial charge on any atom is 0.309 e. The van der Waals surface area contributed by atoms with Gasteiger partial charge in [0.2, 0.25) is 0 Å². The van der Waals surface area contributed by atoms with Crippen molar-refractivity contribution in [1.29, 1.82) is 0 Å². The van der Waals surface area contributed by atoms with Crippen LogP contribution < -0.4 is 0 Å². The van der Waals surface area contributed by atoms with E-state index in [1.165, 1.54) is 0 Å². The predicted octanol–water partition coefficient (Wildman–Crippen LogP) is 2.37. The van der Waals surface area contributed by atoms with Crippen LogP contribution >= 0.6 is 0 Å². The first-order valence-electron chi connectivity index (χ1n) is 4.09. The van der Waals surface area contributed by atoms with Crippen molar-refractivity contribution in [2.45, 2.75) is 46.6 Å². The van der Waals surface area contributed by atoms with Crippen molar-refractivity contribution in [1.82, 2.24) is 0 Å². The molecule has 0 radical (unpaired) electrons. The van der Waals surface area contributed by atoms with Gasteiger partial charge in [-0.2, -0.15) is 0 Å². The Bertz CT molecular complexity index is 133. The van der Waals surface area contributed by atoms with E-state index in [-0.39, 0.29) is 17.5 Å². The summed E-state index contributed by atoms with van der Waals surface area (Å²) in [7, 11) is 0. The SMILES string of the molecule is CC[C@H](C)C(=O)OC(C)(C)C. The summed E-state index contributed by atoms with van der Waals surface area (Å²) >= 11 is 0. The number of ether oxygens (including phenoxy) is 1. The molecule has 2 nitrogen and oxygen atoms in total. The minimum atomic E-state index is -0.347. The molecule has 1 atom stereocenters. The lowest BCUT2D eigenvalue weighted by molar-refractivity contribution is -0.159. The fourth-order valence-corrected chi connectivity index (χ4v) is 0.569. The Morgan fingerprint density at radius 2 is 1.91 bits per heavy atom. The van der Waals surface area contributed by atoms with Crippen LogP contribution in [0.1, 0.15) is 41.0 Å². The van der Waals surface area contributed by atoms with E-state index >= 15 is 0 Å². The molecule has 0 aromatic rings. The van der Waals surface area contributed by atoms with E-state index in [1.54, 1.807) is 0 Å². The van der Waals surface area contributed by atoms with Gasteiger partial charge in [0.25, 0.3) is 0 Å². The Kier molecular flexibility index (Phi) is 3.56. The molecule has 0 aliphatic heterocycles. The highest BCUT2D eigenvalue weighted by Gasteiger charge is 2.19. The summed E-state index contributed by atoms with van der Waals surface area (Å²) in [4.78, 5) is 11.2. The van der Waals surface area contributed by atoms with Crippen molar-refractivity contribution < 1.29 is 9.53 Å². The number of hydrogen-bond donors (Lipinski definition) is 0. The highest BCUT2D eigenvalue weighted by atomic mass is 16.6. The molecular formula is C9H18O2. The molecule has 0 aliphatic rings. The second kappa shape index (κ2) is 3.74. The number of carbonyl (C=O) groups is 1. The smallest absolute Gasteiger partial charge is 0.309 e. The fourth-order valence-electron chi connectivity index (χ4n) is 0.569. The number of rotatable bonds is 2. The fraction of sp³-hybridized carbons (Fsp3) is 0.889. The minimum absolute atomic E-state index is 0.0224. The Hall–Kier alpha value is -0.530. The van der Waals surface area contributed by atoms with E-state index in [0.29, 0.717) is 0 Å². The lowest BCUT2D eigenvalue weighted by atomic mass is 10.1. The molecule has 0 amide bonds. The zero-order valence-electron chi connectivity index (χ0n) is 8.10. The van der Waals surface area contributed by atoms with Gasteiger partial charge in [0.15, 0.2) is 0 Å². The topological polar surface area (TPSA) is 26.3 Å². The first kappa shape index (κ1) is 10.5. The molecule has 0 aliphatic carbocycles. The first-order chi connectivity index (χ1) is 4.87. The molecule has 0 spiro atoms. The van der Waals surface area contributed by atoms with Crippen LogP contribution in [0.3, 0.4) is 0 Å². The van der Waals surface area contributed by atoms with Gasteiger partial charge >= 0.3 is 5.97 Å². The molecule has 0 unspecified atom stereocenters. The van der Waals surface area contributed by atoms with Crippen LogP contribution in [0.25, 0.3) is 0 Å². The van der Waals surface area contributed by atoms with E-state index in [1.807, 2.05) is 34.6 Å². The molecule has 0 rings (SSSR count). The summed E-state index contributed by atoms with van der Waals surface area (Å²) in [6.45, 7) is 9.51. The van der Waals surface area contributed by atoms with Gasteiger partial charge in [0.1, 0.15) is 5.60 Å². The lowest BCUT2D eigenvalue weighted by Gasteiger charge is -2.21. The average molecular weight is 158 g/mol. The largest absolute Gasteiger partial charge is 0.460 e. The molecule has 0 aromatic heterocycles. The van der Waals surface area contributed by atoms with Crippen LogP contribution in [-0.4, -0.2) is 11.6 Å². The van der Waals surface area contributed by atoms with Crippen molar-refractivity contribution in [3.8, 4) is 0 Å². The van der Waals surface area contributed by atoms with Gasteiger partial charge in [-0.05, 0) is 27.2 Å². The molecule has 0 N–H and O–H groups in total. The van der Waals surface area contributed by atoms with Crippen LogP contribution in [0.2, 0.25) is 0 Å². The third-order valence-electron chi connectivity index (χ3n) is 1.42. The molecule has 0 aromatic carbocycles. The first-order valence-corrected chi connectivity index (χ1v) is 4.09. The van der Waals surface area contributed by atoms with Crippen LogP contribution in [0.4, 0.5) is 0 Å². The number of esters is 1. The molecule has 11 heavy (non-hydrogen) atoms. The third-order valence-corrected chi connectivity index (χ3v) is 1.42. The molecule has 2 heteroatoms. The summed E-state index contributed by atoms with van der Waals surface area (Å²) in [6, 6.07) is 0. The van der Waals surface area contributed by atoms with E-state index in [0.717, 1.165) is 6.42 Å². The van der Waals surface area contributed by atoms with E-state index < -0.39 is 0 Å². The Labute approximate surface area is 68.9 Å². The summed E-state index contributed by atoms with van der Waals surface area (Å²) < 4.78 is 5.15. The standard InChI is InChI=1S/C9H18O2/c1-6-7(2)8(10)11-9(3,4)5/h7H,6H2,1-5H3/t7-/m0/s1. The van der Waals surface area contributed by atoms with E-state index in [2.05, 4.69) is 0 Å². The third kappa shape index (κ3) is 4.82. The molecule has 0 saturated carbocycles. The van der Waals surface area contributed by atoms with Crippen molar-refractivity contribution >= 4 is 5.97 Å². The summed E-state index contributed by atoms with van der Waals surface area (Å²) in [5, 5.41) is 0. The highest BCUT2D eigenvalue weighted by molar-refractivity contribution is 5.72. The maximum absolute atomic E-state index is 11.2. The van der Waals surface area contributed by atoms with Crippen LogP contribution in [-0.2, 0) is 9.53 Å². The normalized spacial score (nSPS) is 14.3. The Balaban J connectivity index is 3.88. The zero-order chi connectivity index (χ0) is 9.07. The monoisotopic (exact) mass is 158 g/mol. The van der Waals surface area contributed by atoms with Crippen molar-refractivity contribution in [2.24, 2.45) is 5.92 Å². The van der Waals surface area contributed by atoms with Crippen LogP contribution in [0.5, 0.6) is 0 Å². The molecule has 0 fully saturated rings. The van der Waals surface area contributed by atoms with Gasteiger partial charge in [-0.1, -0.05) is 13.8 Å². The highest BCUT2D eigenvalue weighted by Crippen LogP contribution is 2.12. The van der Waals surface area contributed by atoms with Gasteiger partial charge < -0.3 is 4.74 Å². The summed E-state index contributed by atoms with van der Waals surface area (Å²) in [6.07, 6.45) is 0.842. The van der Waals surface area contributed by atoms with Crippen molar-refractivity contribution in [3.05, 3.63) is 0 Å². The summed E-state index contributed by atoms with van der Waals surface area (Å²) in [5.41, 5.74) is -0.347. The second-order valence-electron chi connectivity index (χ2n) is 3.84. The van der Waals surface area contributed by atoms with Crippen molar-refractivity contribution in [3.63, 3.8) is 0 Å². The maximum atomic E-state index is 11.2. The molecular weight excluding hydrogens is 140 g/mol. The average Bonchev–Trinajstić information content (AvgIpc) is 1.82. The molecule has 0 bridgehead atoms. The molecule has 66 valence electrons. The van der Waals surface area contributed by atoms with E-state index in [9.17, 15) is 4.79 Å². The molecule has 0 saturated heterocycles. The van der Waals surface area contributed by atoms with E-state index in [4.69, 9.17) is 4.74 Å². The van der Waals surface area contributed by atoms with Gasteiger partial charge in [-0.25, -0.2) is 0 Å². The molecule has 0 heterocycles. The zero-order valence-corrected chi connectivity index (χ0v) is 8.10. The quantitative estimate of drug-likeness (QED) is 0.577. The van der Waals surface area contributed by atoms with Gasteiger partial charge in [-0.3, -0.25) is 4.79 Å². The van der Waals surface area contributed by atoms with Gasteiger partial charge in [0.05, 0.1) is 5.92 Å². The summed E-state index contributed by atoms with van der Waals surface area (Å²) in [5.74, 6) is -0.0748. The van der Waals surface area contributed by atoms with Crippen LogP contribution in [0, 0.1) is 5.92 Å². The number of hydrogen-bond acceptors (Lipinski definition) is 2. The second-order valence-corrected chi connectivity index (χ2v) is 3.84. The lowest BCUT2D eigenvalue weighted by Crippen LogP contribution is -2.27. The Morgan fingerprint density at radius 1 is 1.45 bits per heavy atom.